The topological polar surface area (TPSA) is 196 Å². The highest BCUT2D eigenvalue weighted by atomic mass is 32.2. The molecule has 47 heavy (non-hydrogen) atoms. The molecule has 1 aromatic rings. The number of carboxylic acid groups (broad SMARTS) is 1. The molecular formula is C32H35N3O10S2. The molecule has 0 bridgehead atoms. The van der Waals surface area contributed by atoms with Gasteiger partial charge in [0.1, 0.15) is 23.9 Å². The maximum absolute atomic E-state index is 13.2. The first-order chi connectivity index (χ1) is 22.1. The van der Waals surface area contributed by atoms with Crippen LogP contribution in [0, 0.1) is 5.41 Å². The lowest BCUT2D eigenvalue weighted by Crippen LogP contribution is -2.75. The molecule has 3 aliphatic carbocycles. The summed E-state index contributed by atoms with van der Waals surface area (Å²) in [5.41, 5.74) is 1.50. The van der Waals surface area contributed by atoms with Crippen molar-refractivity contribution in [3.05, 3.63) is 67.6 Å². The number of rotatable bonds is 10. The molecule has 1 saturated carbocycles. The molecule has 2 fully saturated rings. The van der Waals surface area contributed by atoms with E-state index in [1.165, 1.54) is 11.3 Å². The molecule has 1 aromatic heterocycles. The number of amides is 3. The van der Waals surface area contributed by atoms with Crippen LogP contribution in [-0.2, 0) is 40.2 Å². The van der Waals surface area contributed by atoms with E-state index in [0.29, 0.717) is 28.2 Å². The molecule has 15 heteroatoms. The summed E-state index contributed by atoms with van der Waals surface area (Å²) in [6.07, 6.45) is 3.37. The third-order valence-electron chi connectivity index (χ3n) is 9.92. The van der Waals surface area contributed by atoms with Gasteiger partial charge >= 0.3 is 12.1 Å². The Morgan fingerprint density at radius 2 is 1.91 bits per heavy atom. The zero-order chi connectivity index (χ0) is 34.1. The van der Waals surface area contributed by atoms with E-state index >= 15 is 0 Å². The molecule has 250 valence electrons. The van der Waals surface area contributed by atoms with E-state index in [0.717, 1.165) is 35.1 Å². The first-order valence-corrected chi connectivity index (χ1v) is 17.8. The van der Waals surface area contributed by atoms with Gasteiger partial charge in [-0.2, -0.15) is 0 Å². The number of β-lactam (4-membered cyclic amide) rings is 1. The van der Waals surface area contributed by atoms with E-state index in [-0.39, 0.29) is 24.3 Å². The van der Waals surface area contributed by atoms with Crippen molar-refractivity contribution in [3.63, 3.8) is 0 Å². The van der Waals surface area contributed by atoms with Gasteiger partial charge in [-0.05, 0) is 80.7 Å². The zero-order valence-electron chi connectivity index (χ0n) is 26.0. The number of carboxylic acids is 1. The van der Waals surface area contributed by atoms with Crippen LogP contribution in [0.2, 0.25) is 0 Å². The highest BCUT2D eigenvalue weighted by molar-refractivity contribution is 7.92. The quantitative estimate of drug-likeness (QED) is 0.209. The van der Waals surface area contributed by atoms with Crippen molar-refractivity contribution in [3.8, 4) is 0 Å². The molecule has 13 nitrogen and oxygen atoms in total. The second-order valence-electron chi connectivity index (χ2n) is 12.8. The molecule has 3 amide bonds. The first kappa shape index (κ1) is 32.8. The van der Waals surface area contributed by atoms with Crippen molar-refractivity contribution in [1.29, 1.82) is 0 Å². The number of ether oxygens (including phenoxy) is 1. The van der Waals surface area contributed by atoms with Crippen LogP contribution in [0.15, 0.2) is 62.7 Å². The van der Waals surface area contributed by atoms with Crippen molar-refractivity contribution in [2.45, 2.75) is 69.9 Å². The molecule has 6 rings (SSSR count). The molecule has 0 unspecified atom stereocenters. The number of hydrogen-bond donors (Lipinski definition) is 4. The van der Waals surface area contributed by atoms with Crippen molar-refractivity contribution >= 4 is 50.8 Å². The molecule has 1 saturated heterocycles. The van der Waals surface area contributed by atoms with Crippen LogP contribution in [0.1, 0.15) is 51.3 Å². The van der Waals surface area contributed by atoms with Gasteiger partial charge in [0.25, 0.3) is 5.91 Å². The monoisotopic (exact) mass is 685 g/mol. The van der Waals surface area contributed by atoms with Crippen LogP contribution in [0.4, 0.5) is 4.79 Å². The number of aliphatic hydroxyl groups is 1. The van der Waals surface area contributed by atoms with Crippen LogP contribution < -0.4 is 10.6 Å². The summed E-state index contributed by atoms with van der Waals surface area (Å²) in [7, 11) is -4.14. The zero-order valence-corrected chi connectivity index (χ0v) is 27.7. The van der Waals surface area contributed by atoms with E-state index in [1.54, 1.807) is 24.4 Å². The lowest BCUT2D eigenvalue weighted by atomic mass is 9.67. The molecule has 0 aromatic carbocycles. The number of carbonyl (C=O) groups is 5. The Bertz CT molecular complexity index is 1850. The van der Waals surface area contributed by atoms with Gasteiger partial charge in [0.2, 0.25) is 5.91 Å². The fraction of sp³-hybridized carbons (Fsp3) is 0.469. The number of allylic oxidation sites excluding steroid dienone is 4. The molecule has 3 heterocycles. The Labute approximate surface area is 274 Å². The Morgan fingerprint density at radius 1 is 1.19 bits per heavy atom. The largest absolute Gasteiger partial charge is 0.477 e. The van der Waals surface area contributed by atoms with Crippen LogP contribution >= 0.6 is 11.3 Å². The van der Waals surface area contributed by atoms with Gasteiger partial charge < -0.3 is 25.6 Å². The van der Waals surface area contributed by atoms with Crippen LogP contribution in [0.3, 0.4) is 0 Å². The fourth-order valence-electron chi connectivity index (χ4n) is 7.32. The van der Waals surface area contributed by atoms with Crippen LogP contribution in [0.5, 0.6) is 0 Å². The molecule has 2 aliphatic heterocycles. The maximum atomic E-state index is 13.2. The summed E-state index contributed by atoms with van der Waals surface area (Å²) in [5, 5.41) is 26.1. The standard InChI is InChI=1S/C32H35N3O10S2/c1-16-12-21-23(17(2)32(8-9-32)31(3,42)26(21)37)20(16)7-4-10-33-30(41)45-14-18-15-47(43,44)28-24(27(38)35(28)25(18)29(39)40)34-22(36)13-19-6-5-11-46-19/h5-6,11-12,24,28,42H,4,7-10,13-15H2,1-3H3,(H,33,41)(H,34,36)(H,39,40)/t24-,28-,31-/m0/s1. The number of sulfone groups is 1. The summed E-state index contributed by atoms with van der Waals surface area (Å²) in [6.45, 7) is 4.97. The summed E-state index contributed by atoms with van der Waals surface area (Å²) in [6, 6.07) is 2.05. The third-order valence-corrected chi connectivity index (χ3v) is 12.8. The molecule has 1 spiro atoms. The Hall–Kier alpha value is -4.08. The van der Waals surface area contributed by atoms with Crippen molar-refractivity contribution in [2.24, 2.45) is 5.41 Å². The highest BCUT2D eigenvalue weighted by Crippen LogP contribution is 2.65. The van der Waals surface area contributed by atoms with Gasteiger partial charge in [0.05, 0.1) is 12.2 Å². The SMILES string of the molecule is CC1=C(CCCNC(=O)OCC2=C(C(=O)O)N3C(=O)[C@H](NC(=O)Cc4cccs4)[C@@H]3S(=O)(=O)C2)C2=C(C)C3(CC3)[C@@](C)(O)C(=O)C2=C1. The predicted molar refractivity (Wildman–Crippen MR) is 168 cm³/mol. The van der Waals surface area contributed by atoms with E-state index in [1.807, 2.05) is 19.9 Å². The number of fused-ring (bicyclic) bond motifs is 2. The number of carbonyl (C=O) groups excluding carboxylic acids is 4. The normalized spacial score (nSPS) is 26.9. The van der Waals surface area contributed by atoms with E-state index in [9.17, 15) is 42.6 Å². The smallest absolute Gasteiger partial charge is 0.407 e. The number of aliphatic carboxylic acids is 1. The lowest BCUT2D eigenvalue weighted by Gasteiger charge is -2.48. The first-order valence-electron chi connectivity index (χ1n) is 15.2. The van der Waals surface area contributed by atoms with Gasteiger partial charge in [-0.15, -0.1) is 11.3 Å². The van der Waals surface area contributed by atoms with Gasteiger partial charge in [-0.1, -0.05) is 11.6 Å². The summed E-state index contributed by atoms with van der Waals surface area (Å²) in [5.74, 6) is -4.05. The average molecular weight is 686 g/mol. The second kappa shape index (κ2) is 11.6. The molecule has 0 radical (unpaired) electrons. The number of ketones is 1. The van der Waals surface area contributed by atoms with E-state index < -0.39 is 74.2 Å². The number of Topliss-reactive ketones (excluding diaryl/α,β-unsaturated/α-hetero) is 1. The third kappa shape index (κ3) is 5.33. The predicted octanol–water partition coefficient (Wildman–Crippen LogP) is 1.90. The number of thiophene rings is 1. The number of alkyl carbamates (subject to hydrolysis) is 1. The molecule has 4 N–H and O–H groups in total. The number of nitrogens with one attached hydrogen (secondary N) is 2. The fourth-order valence-corrected chi connectivity index (χ4v) is 10.0. The minimum atomic E-state index is -4.14. The van der Waals surface area contributed by atoms with E-state index in [4.69, 9.17) is 4.74 Å². The minimum Gasteiger partial charge on any atom is -0.477 e. The average Bonchev–Trinajstić information content (AvgIpc) is 3.55. The van der Waals surface area contributed by atoms with Crippen molar-refractivity contribution < 1.29 is 47.3 Å². The van der Waals surface area contributed by atoms with Gasteiger partial charge in [0, 0.05) is 28.0 Å². The molecule has 5 aliphatic rings. The van der Waals surface area contributed by atoms with Gasteiger partial charge in [0.15, 0.2) is 21.0 Å². The maximum Gasteiger partial charge on any atom is 0.407 e. The van der Waals surface area contributed by atoms with Gasteiger partial charge in [-0.3, -0.25) is 19.3 Å². The molecular weight excluding hydrogens is 650 g/mol. The van der Waals surface area contributed by atoms with E-state index in [2.05, 4.69) is 10.6 Å². The lowest BCUT2D eigenvalue weighted by molar-refractivity contribution is -0.151. The summed E-state index contributed by atoms with van der Waals surface area (Å²) < 4.78 is 31.4. The Kier molecular flexibility index (Phi) is 8.08. The summed E-state index contributed by atoms with van der Waals surface area (Å²) >= 11 is 1.33. The minimum absolute atomic E-state index is 0.0553. The number of nitrogens with zero attached hydrogens (tertiary/aromatic N) is 1. The number of hydrogen-bond acceptors (Lipinski definition) is 10. The van der Waals surface area contributed by atoms with Crippen LogP contribution in [-0.4, -0.2) is 89.1 Å². The van der Waals surface area contributed by atoms with Crippen molar-refractivity contribution in [1.82, 2.24) is 15.5 Å². The van der Waals surface area contributed by atoms with Crippen LogP contribution in [0.25, 0.3) is 0 Å². The Balaban J connectivity index is 1.05. The van der Waals surface area contributed by atoms with Crippen molar-refractivity contribution in [2.75, 3.05) is 18.9 Å². The Morgan fingerprint density at radius 3 is 2.55 bits per heavy atom. The molecule has 3 atom stereocenters. The second-order valence-corrected chi connectivity index (χ2v) is 15.9. The highest BCUT2D eigenvalue weighted by Gasteiger charge is 2.65. The van der Waals surface area contributed by atoms with Gasteiger partial charge in [-0.25, -0.2) is 18.0 Å². The summed E-state index contributed by atoms with van der Waals surface area (Å²) in [4.78, 5) is 64.5.